The third-order valence-electron chi connectivity index (χ3n) is 4.62. The summed E-state index contributed by atoms with van der Waals surface area (Å²) in [5.41, 5.74) is 1.82. The molecule has 7 heteroatoms. The van der Waals surface area contributed by atoms with Gasteiger partial charge in [-0.2, -0.15) is 0 Å². The molecule has 2 aromatic rings. The van der Waals surface area contributed by atoms with Gasteiger partial charge >= 0.3 is 0 Å². The molecule has 1 saturated heterocycles. The fourth-order valence-corrected chi connectivity index (χ4v) is 3.93. The summed E-state index contributed by atoms with van der Waals surface area (Å²) < 4.78 is 0. The second-order valence-electron chi connectivity index (χ2n) is 6.73. The Hall–Kier alpha value is -2.28. The summed E-state index contributed by atoms with van der Waals surface area (Å²) in [6.45, 7) is 5.98. The fraction of sp³-hybridized carbons (Fsp3) is 0.474. The highest BCUT2D eigenvalue weighted by molar-refractivity contribution is 7.09. The van der Waals surface area contributed by atoms with Crippen molar-refractivity contribution in [3.63, 3.8) is 0 Å². The van der Waals surface area contributed by atoms with E-state index in [1.807, 2.05) is 40.3 Å². The Morgan fingerprint density at radius 1 is 1.19 bits per heavy atom. The molecule has 0 radical (unpaired) electrons. The zero-order valence-electron chi connectivity index (χ0n) is 15.2. The predicted octanol–water partition coefficient (Wildman–Crippen LogP) is 1.94. The lowest BCUT2D eigenvalue weighted by atomic mass is 10.0. The Kier molecular flexibility index (Phi) is 5.98. The molecule has 138 valence electrons. The standard InChI is InChI=1S/C19H24N4O2S/c1-14-21-18(13-26-14)10-19(25)23-8-7-22(15(2)24)11-16(12-23)9-17-5-3-4-6-20-17/h3-6,13,16H,7-12H2,1-2H3. The van der Waals surface area contributed by atoms with E-state index < -0.39 is 0 Å². The van der Waals surface area contributed by atoms with Crippen LogP contribution >= 0.6 is 11.3 Å². The van der Waals surface area contributed by atoms with Gasteiger partial charge in [-0.15, -0.1) is 11.3 Å². The normalized spacial score (nSPS) is 17.8. The summed E-state index contributed by atoms with van der Waals surface area (Å²) in [4.78, 5) is 37.2. The molecule has 0 bridgehead atoms. The van der Waals surface area contributed by atoms with Gasteiger partial charge in [-0.1, -0.05) is 6.07 Å². The largest absolute Gasteiger partial charge is 0.341 e. The number of carbonyl (C=O) groups is 2. The van der Waals surface area contributed by atoms with Crippen molar-refractivity contribution >= 4 is 23.2 Å². The number of rotatable bonds is 4. The van der Waals surface area contributed by atoms with E-state index in [2.05, 4.69) is 9.97 Å². The van der Waals surface area contributed by atoms with Crippen LogP contribution in [0.25, 0.3) is 0 Å². The first-order valence-corrected chi connectivity index (χ1v) is 9.73. The van der Waals surface area contributed by atoms with E-state index >= 15 is 0 Å². The Bertz CT molecular complexity index is 762. The molecule has 0 N–H and O–H groups in total. The molecule has 3 heterocycles. The topological polar surface area (TPSA) is 66.4 Å². The van der Waals surface area contributed by atoms with Crippen LogP contribution < -0.4 is 0 Å². The molecule has 0 saturated carbocycles. The van der Waals surface area contributed by atoms with E-state index in [1.165, 1.54) is 0 Å². The minimum Gasteiger partial charge on any atom is -0.341 e. The molecule has 1 fully saturated rings. The van der Waals surface area contributed by atoms with Gasteiger partial charge in [0.1, 0.15) is 0 Å². The highest BCUT2D eigenvalue weighted by atomic mass is 32.1. The molecule has 26 heavy (non-hydrogen) atoms. The molecule has 2 aromatic heterocycles. The Labute approximate surface area is 157 Å². The van der Waals surface area contributed by atoms with Crippen molar-refractivity contribution < 1.29 is 9.59 Å². The Morgan fingerprint density at radius 2 is 1.96 bits per heavy atom. The van der Waals surface area contributed by atoms with Crippen LogP contribution in [-0.4, -0.2) is 57.8 Å². The molecule has 6 nitrogen and oxygen atoms in total. The third-order valence-corrected chi connectivity index (χ3v) is 5.44. The zero-order valence-corrected chi connectivity index (χ0v) is 16.0. The number of hydrogen-bond acceptors (Lipinski definition) is 5. The summed E-state index contributed by atoms with van der Waals surface area (Å²) in [5, 5.41) is 2.91. The van der Waals surface area contributed by atoms with E-state index in [0.717, 1.165) is 22.8 Å². The molecule has 1 unspecified atom stereocenters. The number of thiazole rings is 1. The Morgan fingerprint density at radius 3 is 2.62 bits per heavy atom. The average molecular weight is 372 g/mol. The zero-order chi connectivity index (χ0) is 18.5. The smallest absolute Gasteiger partial charge is 0.228 e. The van der Waals surface area contributed by atoms with Crippen molar-refractivity contribution in [2.24, 2.45) is 5.92 Å². The van der Waals surface area contributed by atoms with Crippen LogP contribution in [0.2, 0.25) is 0 Å². The van der Waals surface area contributed by atoms with Gasteiger partial charge in [-0.3, -0.25) is 14.6 Å². The van der Waals surface area contributed by atoms with Crippen LogP contribution in [0.1, 0.15) is 23.3 Å². The van der Waals surface area contributed by atoms with Crippen LogP contribution in [0.4, 0.5) is 0 Å². The Balaban J connectivity index is 1.71. The first-order valence-electron chi connectivity index (χ1n) is 8.85. The van der Waals surface area contributed by atoms with Crippen LogP contribution in [0, 0.1) is 12.8 Å². The van der Waals surface area contributed by atoms with E-state index in [-0.39, 0.29) is 17.7 Å². The monoisotopic (exact) mass is 372 g/mol. The minimum absolute atomic E-state index is 0.0560. The van der Waals surface area contributed by atoms with Gasteiger partial charge in [-0.05, 0) is 31.4 Å². The van der Waals surface area contributed by atoms with Gasteiger partial charge in [0.2, 0.25) is 11.8 Å². The summed E-state index contributed by atoms with van der Waals surface area (Å²) in [7, 11) is 0. The quantitative estimate of drug-likeness (QED) is 0.823. The van der Waals surface area contributed by atoms with Crippen molar-refractivity contribution in [3.8, 4) is 0 Å². The fourth-order valence-electron chi connectivity index (χ4n) is 3.32. The molecule has 0 aromatic carbocycles. The van der Waals surface area contributed by atoms with Crippen LogP contribution in [0.5, 0.6) is 0 Å². The number of hydrogen-bond donors (Lipinski definition) is 0. The lowest BCUT2D eigenvalue weighted by Gasteiger charge is -2.24. The van der Waals surface area contributed by atoms with E-state index in [9.17, 15) is 9.59 Å². The summed E-state index contributed by atoms with van der Waals surface area (Å²) in [6.07, 6.45) is 2.85. The van der Waals surface area contributed by atoms with Gasteiger partial charge in [0.15, 0.2) is 0 Å². The molecule has 1 atom stereocenters. The van der Waals surface area contributed by atoms with Crippen LogP contribution in [-0.2, 0) is 22.4 Å². The molecule has 2 amide bonds. The summed E-state index contributed by atoms with van der Waals surface area (Å²) >= 11 is 1.56. The molecule has 0 aliphatic carbocycles. The number of carbonyl (C=O) groups excluding carboxylic acids is 2. The average Bonchev–Trinajstić information content (AvgIpc) is 2.90. The maximum absolute atomic E-state index is 12.8. The second-order valence-corrected chi connectivity index (χ2v) is 7.79. The lowest BCUT2D eigenvalue weighted by Crippen LogP contribution is -2.37. The van der Waals surface area contributed by atoms with Crippen molar-refractivity contribution in [2.75, 3.05) is 26.2 Å². The van der Waals surface area contributed by atoms with Crippen molar-refractivity contribution in [1.82, 2.24) is 19.8 Å². The van der Waals surface area contributed by atoms with Crippen molar-refractivity contribution in [2.45, 2.75) is 26.7 Å². The molecular weight excluding hydrogens is 348 g/mol. The lowest BCUT2D eigenvalue weighted by molar-refractivity contribution is -0.132. The highest BCUT2D eigenvalue weighted by Gasteiger charge is 2.27. The number of aromatic nitrogens is 2. The molecule has 1 aliphatic rings. The van der Waals surface area contributed by atoms with Gasteiger partial charge in [0, 0.05) is 50.4 Å². The molecule has 3 rings (SSSR count). The second kappa shape index (κ2) is 8.40. The van der Waals surface area contributed by atoms with E-state index in [1.54, 1.807) is 24.5 Å². The number of amides is 2. The highest BCUT2D eigenvalue weighted by Crippen LogP contribution is 2.16. The van der Waals surface area contributed by atoms with Gasteiger partial charge in [0.25, 0.3) is 0 Å². The minimum atomic E-state index is 0.0560. The number of aryl methyl sites for hydroxylation is 1. The first-order chi connectivity index (χ1) is 12.5. The maximum Gasteiger partial charge on any atom is 0.228 e. The molecule has 1 aliphatic heterocycles. The van der Waals surface area contributed by atoms with Gasteiger partial charge < -0.3 is 9.80 Å². The summed E-state index contributed by atoms with van der Waals surface area (Å²) in [6, 6.07) is 5.85. The van der Waals surface area contributed by atoms with Crippen molar-refractivity contribution in [1.29, 1.82) is 0 Å². The van der Waals surface area contributed by atoms with Gasteiger partial charge in [0.05, 0.1) is 17.1 Å². The van der Waals surface area contributed by atoms with Crippen molar-refractivity contribution in [3.05, 3.63) is 46.2 Å². The van der Waals surface area contributed by atoms with E-state index in [0.29, 0.717) is 32.6 Å². The molecule has 0 spiro atoms. The maximum atomic E-state index is 12.8. The van der Waals surface area contributed by atoms with Gasteiger partial charge in [-0.25, -0.2) is 4.98 Å². The predicted molar refractivity (Wildman–Crippen MR) is 101 cm³/mol. The SMILES string of the molecule is CC(=O)N1CCN(C(=O)Cc2csc(C)n2)CC(Cc2ccccn2)C1. The van der Waals surface area contributed by atoms with Crippen LogP contribution in [0.15, 0.2) is 29.8 Å². The first kappa shape index (κ1) is 18.5. The number of nitrogens with zero attached hydrogens (tertiary/aromatic N) is 4. The molecular formula is C19H24N4O2S. The van der Waals surface area contributed by atoms with E-state index in [4.69, 9.17) is 0 Å². The number of pyridine rings is 1. The third kappa shape index (κ3) is 4.88. The van der Waals surface area contributed by atoms with Crippen LogP contribution in [0.3, 0.4) is 0 Å². The summed E-state index contributed by atoms with van der Waals surface area (Å²) in [5.74, 6) is 0.310.